The molecular formula is C19H23N3O3. The fourth-order valence-electron chi connectivity index (χ4n) is 5.13. The first kappa shape index (κ1) is 15.3. The topological polar surface area (TPSA) is 71.5 Å². The molecule has 0 radical (unpaired) electrons. The second kappa shape index (κ2) is 5.53. The monoisotopic (exact) mass is 341 g/mol. The molecule has 2 saturated carbocycles. The minimum atomic E-state index is -0.0287. The lowest BCUT2D eigenvalue weighted by molar-refractivity contribution is -0.133. The second-order valence-corrected chi connectivity index (χ2v) is 8.22. The zero-order valence-corrected chi connectivity index (χ0v) is 14.2. The summed E-state index contributed by atoms with van der Waals surface area (Å²) < 4.78 is 5.40. The maximum Gasteiger partial charge on any atom is 0.251 e. The summed E-state index contributed by atoms with van der Waals surface area (Å²) in [5.41, 5.74) is 0.883. The Hall–Kier alpha value is -1.95. The number of nitrogens with one attached hydrogen (secondary N) is 1. The summed E-state index contributed by atoms with van der Waals surface area (Å²) >= 11 is 0. The van der Waals surface area contributed by atoms with Crippen LogP contribution in [0.3, 0.4) is 0 Å². The number of pyridine rings is 1. The second-order valence-electron chi connectivity index (χ2n) is 8.22. The molecule has 0 aromatic carbocycles. The molecule has 132 valence electrons. The van der Waals surface area contributed by atoms with Crippen LogP contribution in [0.1, 0.15) is 29.6 Å². The van der Waals surface area contributed by atoms with Crippen LogP contribution < -0.4 is 5.32 Å². The van der Waals surface area contributed by atoms with Crippen LogP contribution in [-0.2, 0) is 9.53 Å². The summed E-state index contributed by atoms with van der Waals surface area (Å²) in [6.45, 7) is 3.28. The lowest BCUT2D eigenvalue weighted by Crippen LogP contribution is -2.52. The summed E-state index contributed by atoms with van der Waals surface area (Å²) in [5.74, 6) is 1.51. The van der Waals surface area contributed by atoms with Gasteiger partial charge in [0.05, 0.1) is 13.2 Å². The standard InChI is InChI=1S/C19H23N3O3/c23-17(12-1-4-20-5-2-12)21-13-7-19(8-13)3-6-22(11-19)18(24)16-14-9-25-10-15(14)16/h1-2,4-5,13-16H,3,6-11H2,(H,21,23)/t13?,14-,15+,16?,19?. The molecule has 1 aromatic heterocycles. The third-order valence-electron chi connectivity index (χ3n) is 6.62. The molecule has 1 spiro atoms. The van der Waals surface area contributed by atoms with Gasteiger partial charge in [0.15, 0.2) is 0 Å². The number of nitrogens with zero attached hydrogens (tertiary/aromatic N) is 2. The largest absolute Gasteiger partial charge is 0.381 e. The van der Waals surface area contributed by atoms with E-state index < -0.39 is 0 Å². The Morgan fingerprint density at radius 2 is 1.92 bits per heavy atom. The first-order valence-electron chi connectivity index (χ1n) is 9.23. The predicted octanol–water partition coefficient (Wildman–Crippen LogP) is 1.08. The van der Waals surface area contributed by atoms with E-state index in [9.17, 15) is 9.59 Å². The number of fused-ring (bicyclic) bond motifs is 1. The number of carbonyl (C=O) groups excluding carboxylic acids is 2. The third kappa shape index (κ3) is 2.54. The van der Waals surface area contributed by atoms with E-state index in [1.165, 1.54) is 0 Å². The highest BCUT2D eigenvalue weighted by Gasteiger charge is 2.60. The van der Waals surface area contributed by atoms with Gasteiger partial charge in [-0.1, -0.05) is 0 Å². The van der Waals surface area contributed by atoms with Crippen molar-refractivity contribution < 1.29 is 14.3 Å². The molecule has 1 aromatic rings. The van der Waals surface area contributed by atoms with Gasteiger partial charge in [-0.2, -0.15) is 0 Å². The molecule has 3 atom stereocenters. The van der Waals surface area contributed by atoms with Crippen molar-refractivity contribution in [2.45, 2.75) is 25.3 Å². The Kier molecular flexibility index (Phi) is 3.39. The molecule has 4 fully saturated rings. The van der Waals surface area contributed by atoms with Crippen molar-refractivity contribution >= 4 is 11.8 Å². The van der Waals surface area contributed by atoms with Crippen molar-refractivity contribution in [2.24, 2.45) is 23.2 Å². The summed E-state index contributed by atoms with van der Waals surface area (Å²) in [4.78, 5) is 30.9. The SMILES string of the molecule is O=C(NC1CC2(CCN(C(=O)C3[C@H]4COC[C@@H]34)C2)C1)c1ccncc1. The van der Waals surface area contributed by atoms with Crippen molar-refractivity contribution in [3.63, 3.8) is 0 Å². The van der Waals surface area contributed by atoms with Gasteiger partial charge in [-0.3, -0.25) is 14.6 Å². The molecule has 2 aliphatic carbocycles. The predicted molar refractivity (Wildman–Crippen MR) is 89.6 cm³/mol. The Morgan fingerprint density at radius 1 is 1.20 bits per heavy atom. The summed E-state index contributed by atoms with van der Waals surface area (Å²) in [6.07, 6.45) is 6.30. The van der Waals surface area contributed by atoms with E-state index in [2.05, 4.69) is 15.2 Å². The van der Waals surface area contributed by atoms with Gasteiger partial charge in [0.25, 0.3) is 5.91 Å². The molecule has 3 heterocycles. The lowest BCUT2D eigenvalue weighted by Gasteiger charge is -2.45. The van der Waals surface area contributed by atoms with Crippen LogP contribution in [0.4, 0.5) is 0 Å². The van der Waals surface area contributed by atoms with Crippen molar-refractivity contribution in [2.75, 3.05) is 26.3 Å². The number of rotatable bonds is 3. The van der Waals surface area contributed by atoms with Crippen LogP contribution in [0.15, 0.2) is 24.5 Å². The lowest BCUT2D eigenvalue weighted by atomic mass is 9.65. The van der Waals surface area contributed by atoms with Crippen molar-refractivity contribution in [1.82, 2.24) is 15.2 Å². The molecule has 2 amide bonds. The molecule has 6 heteroatoms. The molecule has 5 rings (SSSR count). The van der Waals surface area contributed by atoms with Gasteiger partial charge in [-0.15, -0.1) is 0 Å². The van der Waals surface area contributed by atoms with Crippen LogP contribution in [0, 0.1) is 23.2 Å². The molecule has 4 aliphatic rings. The van der Waals surface area contributed by atoms with Crippen molar-refractivity contribution in [1.29, 1.82) is 0 Å². The van der Waals surface area contributed by atoms with Gasteiger partial charge in [-0.05, 0) is 48.6 Å². The van der Waals surface area contributed by atoms with Gasteiger partial charge < -0.3 is 15.0 Å². The minimum absolute atomic E-state index is 0.0287. The van der Waals surface area contributed by atoms with E-state index in [-0.39, 0.29) is 23.3 Å². The normalized spacial score (nSPS) is 38.3. The Bertz CT molecular complexity index is 691. The van der Waals surface area contributed by atoms with Crippen molar-refractivity contribution in [3.05, 3.63) is 30.1 Å². The number of ether oxygens (including phenoxy) is 1. The maximum absolute atomic E-state index is 12.7. The van der Waals surface area contributed by atoms with Crippen LogP contribution in [0.2, 0.25) is 0 Å². The molecule has 2 aliphatic heterocycles. The number of likely N-dealkylation sites (tertiary alicyclic amines) is 1. The minimum Gasteiger partial charge on any atom is -0.381 e. The summed E-state index contributed by atoms with van der Waals surface area (Å²) in [5, 5.41) is 3.11. The third-order valence-corrected chi connectivity index (χ3v) is 6.62. The highest BCUT2D eigenvalue weighted by molar-refractivity contribution is 5.94. The Morgan fingerprint density at radius 3 is 2.64 bits per heavy atom. The quantitative estimate of drug-likeness (QED) is 0.893. The molecule has 1 unspecified atom stereocenters. The number of carbonyl (C=O) groups is 2. The van der Waals surface area contributed by atoms with E-state index in [4.69, 9.17) is 4.74 Å². The number of hydrogen-bond donors (Lipinski definition) is 1. The van der Waals surface area contributed by atoms with Gasteiger partial charge in [0.1, 0.15) is 0 Å². The molecule has 25 heavy (non-hydrogen) atoms. The average molecular weight is 341 g/mol. The smallest absolute Gasteiger partial charge is 0.251 e. The molecule has 2 saturated heterocycles. The van der Waals surface area contributed by atoms with Gasteiger partial charge in [-0.25, -0.2) is 0 Å². The van der Waals surface area contributed by atoms with E-state index in [1.807, 2.05) is 0 Å². The highest BCUT2D eigenvalue weighted by Crippen LogP contribution is 2.54. The first-order valence-corrected chi connectivity index (χ1v) is 9.23. The van der Waals surface area contributed by atoms with Gasteiger partial charge >= 0.3 is 0 Å². The van der Waals surface area contributed by atoms with E-state index in [0.29, 0.717) is 23.3 Å². The molecule has 1 N–H and O–H groups in total. The van der Waals surface area contributed by atoms with Crippen molar-refractivity contribution in [3.8, 4) is 0 Å². The number of aromatic nitrogens is 1. The van der Waals surface area contributed by atoms with E-state index in [1.54, 1.807) is 24.5 Å². The summed E-state index contributed by atoms with van der Waals surface area (Å²) in [6, 6.07) is 3.69. The van der Waals surface area contributed by atoms with E-state index >= 15 is 0 Å². The molecular weight excluding hydrogens is 318 g/mol. The van der Waals surface area contributed by atoms with Crippen LogP contribution in [0.5, 0.6) is 0 Å². The van der Waals surface area contributed by atoms with Crippen LogP contribution in [-0.4, -0.2) is 54.0 Å². The average Bonchev–Trinajstić information content (AvgIpc) is 2.96. The van der Waals surface area contributed by atoms with Gasteiger partial charge in [0.2, 0.25) is 5.91 Å². The highest BCUT2D eigenvalue weighted by atomic mass is 16.5. The molecule has 0 bridgehead atoms. The maximum atomic E-state index is 12.7. The fraction of sp³-hybridized carbons (Fsp3) is 0.632. The van der Waals surface area contributed by atoms with Crippen LogP contribution >= 0.6 is 0 Å². The Balaban J connectivity index is 1.13. The first-order chi connectivity index (χ1) is 12.2. The van der Waals surface area contributed by atoms with Gasteiger partial charge in [0, 0.05) is 43.0 Å². The van der Waals surface area contributed by atoms with Crippen LogP contribution in [0.25, 0.3) is 0 Å². The van der Waals surface area contributed by atoms with E-state index in [0.717, 1.165) is 45.6 Å². The number of hydrogen-bond acceptors (Lipinski definition) is 4. The summed E-state index contributed by atoms with van der Waals surface area (Å²) in [7, 11) is 0. The fourth-order valence-corrected chi connectivity index (χ4v) is 5.13. The molecule has 6 nitrogen and oxygen atoms in total. The zero-order valence-electron chi connectivity index (χ0n) is 14.2. The Labute approximate surface area is 146 Å². The number of amides is 2. The zero-order chi connectivity index (χ0) is 17.0.